The zero-order valence-corrected chi connectivity index (χ0v) is 46.1. The summed E-state index contributed by atoms with van der Waals surface area (Å²) >= 11 is 0. The van der Waals surface area contributed by atoms with E-state index >= 15 is 4.39 Å². The maximum absolute atomic E-state index is 15.4. The smallest absolute Gasteiger partial charge is 0.407 e. The van der Waals surface area contributed by atoms with Gasteiger partial charge in [-0.25, -0.2) is 19.0 Å². The predicted octanol–water partition coefficient (Wildman–Crippen LogP) is -4.05. The van der Waals surface area contributed by atoms with Crippen molar-refractivity contribution in [2.75, 3.05) is 53.2 Å². The highest BCUT2D eigenvalue weighted by Gasteiger charge is 2.47. The van der Waals surface area contributed by atoms with E-state index in [-0.39, 0.29) is 62.9 Å². The van der Waals surface area contributed by atoms with Crippen LogP contribution in [-0.2, 0) is 88.9 Å². The summed E-state index contributed by atoms with van der Waals surface area (Å²) < 4.78 is 37.4. The standard InChI is InChI=1S/C55H65FN10O19/c1-3-55(81)30-16-36-46-28(21-66(36)52(78)29(30)23-84-53(55)79)45-32(11-9-27-31(56)10-12-33(64-46)44(27)45)62-43(72)24-83-25-61-41(70)19-60-51(77)35(15-26-7-5-4-6-8-26)63-42(71)20-58-40(69)18-59-50(76)34(65-54(80)82-2)13-14-39(68)57-17-37-47(73)49(75)48(74)38(22-67)85-37/h4-8,10,12,16,32,34-35,37-38,47-49,67,73-75,81H,3,9,11,13-15,17-25H2,1-2H3,(H,57,68)(H,58,69)(H,59,76)(H,60,77)(H,61,70)(H,62,72)(H,63,71)(H,65,80)/t32-,34-,35-,37-,38+,47-,48+,49+,55-/m0/s1. The second-order valence-corrected chi connectivity index (χ2v) is 20.5. The van der Waals surface area contributed by atoms with Crippen LogP contribution in [0.25, 0.3) is 22.3 Å². The second-order valence-electron chi connectivity index (χ2n) is 20.5. The summed E-state index contributed by atoms with van der Waals surface area (Å²) in [5.74, 6) is -6.81. The molecule has 0 bridgehead atoms. The lowest BCUT2D eigenvalue weighted by Gasteiger charge is -2.40. The molecule has 1 aliphatic carbocycles. The molecule has 0 saturated carbocycles. The summed E-state index contributed by atoms with van der Waals surface area (Å²) in [6, 6.07) is 9.48. The van der Waals surface area contributed by atoms with E-state index in [0.717, 1.165) is 7.11 Å². The SMILES string of the molecule is CC[C@@]1(O)C(=O)OCc2c1cc1n(c2=O)Cc2c-1nc1ccc(F)c3c1c2[C@@H](NC(=O)COCNC(=O)CNC(=O)[C@H](Cc1ccccc1)NC(=O)CNC(=O)CNC(=O)[C@H](CCC(=O)NC[C@@H]1O[C@H](CO)[C@@H](O)[C@H](O)[C@H]1O)NC(=O)OC)CC3. The van der Waals surface area contributed by atoms with Gasteiger partial charge in [0.15, 0.2) is 5.60 Å². The molecule has 8 rings (SSSR count). The number of esters is 1. The molecule has 0 unspecified atom stereocenters. The number of aliphatic hydroxyl groups is 5. The topological polar surface area (TPSA) is 423 Å². The fourth-order valence-electron chi connectivity index (χ4n) is 10.6. The molecule has 0 spiro atoms. The lowest BCUT2D eigenvalue weighted by Crippen LogP contribution is -2.60. The molecule has 1 saturated heterocycles. The van der Waals surface area contributed by atoms with E-state index in [1.165, 1.54) is 16.7 Å². The number of carbonyl (C=O) groups excluding carboxylic acids is 9. The quantitative estimate of drug-likeness (QED) is 0.0159. The highest BCUT2D eigenvalue weighted by Crippen LogP contribution is 2.45. The van der Waals surface area contributed by atoms with E-state index < -0.39 is 165 Å². The number of aromatic nitrogens is 2. The summed E-state index contributed by atoms with van der Waals surface area (Å²) in [4.78, 5) is 135. The molecule has 3 aliphatic heterocycles. The number of methoxy groups -OCH3 is 1. The molecule has 4 aromatic rings. The number of amides is 8. The van der Waals surface area contributed by atoms with E-state index in [2.05, 4.69) is 47.3 Å². The van der Waals surface area contributed by atoms with Crippen molar-refractivity contribution in [1.82, 2.24) is 52.1 Å². The van der Waals surface area contributed by atoms with Gasteiger partial charge < -0.3 is 91.6 Å². The number of hydrogen-bond acceptors (Lipinski definition) is 20. The van der Waals surface area contributed by atoms with Crippen LogP contribution in [0.2, 0.25) is 0 Å². The van der Waals surface area contributed by atoms with E-state index in [1.54, 1.807) is 43.3 Å². The minimum atomic E-state index is -2.06. The van der Waals surface area contributed by atoms with Gasteiger partial charge in [0.1, 0.15) is 68.4 Å². The Morgan fingerprint density at radius 3 is 2.21 bits per heavy atom. The zero-order chi connectivity index (χ0) is 61.3. The fraction of sp³-hybridized carbons (Fsp3) is 0.473. The molecule has 13 N–H and O–H groups in total. The monoisotopic (exact) mass is 1190 g/mol. The number of pyridine rings is 2. The summed E-state index contributed by atoms with van der Waals surface area (Å²) in [6.07, 6.45) is -8.67. The van der Waals surface area contributed by atoms with Crippen LogP contribution in [0.1, 0.15) is 72.0 Å². The Morgan fingerprint density at radius 2 is 1.51 bits per heavy atom. The summed E-state index contributed by atoms with van der Waals surface area (Å²) in [7, 11) is 1.02. The van der Waals surface area contributed by atoms with E-state index in [1.807, 2.05) is 0 Å². The molecule has 5 heterocycles. The number of benzene rings is 2. The Balaban J connectivity index is 0.792. The van der Waals surface area contributed by atoms with Gasteiger partial charge in [-0.2, -0.15) is 0 Å². The van der Waals surface area contributed by atoms with Crippen LogP contribution in [0.15, 0.2) is 53.3 Å². The summed E-state index contributed by atoms with van der Waals surface area (Å²) in [5.41, 5.74) is 0.887. The Labute approximate surface area is 482 Å². The Morgan fingerprint density at radius 1 is 0.812 bits per heavy atom. The normalized spacial score (nSPS) is 21.5. The van der Waals surface area contributed by atoms with Gasteiger partial charge in [0.05, 0.1) is 68.4 Å². The molecule has 1 fully saturated rings. The van der Waals surface area contributed by atoms with Crippen molar-refractivity contribution < 1.29 is 92.0 Å². The number of carbonyl (C=O) groups is 9. The lowest BCUT2D eigenvalue weighted by molar-refractivity contribution is -0.227. The first kappa shape index (κ1) is 62.5. The minimum absolute atomic E-state index is 0.00234. The molecule has 456 valence electrons. The van der Waals surface area contributed by atoms with Crippen LogP contribution in [-0.4, -0.2) is 184 Å². The number of ether oxygens (including phenoxy) is 4. The molecule has 2 aromatic carbocycles. The fourth-order valence-corrected chi connectivity index (χ4v) is 10.6. The van der Waals surface area contributed by atoms with Crippen molar-refractivity contribution in [2.45, 2.75) is 113 Å². The number of alkyl carbamates (subject to hydrolysis) is 1. The van der Waals surface area contributed by atoms with Crippen molar-refractivity contribution in [1.29, 1.82) is 0 Å². The van der Waals surface area contributed by atoms with E-state index in [9.17, 15) is 73.5 Å². The Kier molecular flexibility index (Phi) is 20.2. The number of nitrogens with one attached hydrogen (secondary N) is 8. The Bertz CT molecular complexity index is 3310. The molecule has 85 heavy (non-hydrogen) atoms. The van der Waals surface area contributed by atoms with Crippen LogP contribution in [0.3, 0.4) is 0 Å². The third-order valence-electron chi connectivity index (χ3n) is 15.1. The average molecular weight is 1190 g/mol. The van der Waals surface area contributed by atoms with Crippen molar-refractivity contribution in [3.8, 4) is 11.4 Å². The molecule has 29 nitrogen and oxygen atoms in total. The highest BCUT2D eigenvalue weighted by atomic mass is 19.1. The number of cyclic esters (lactones) is 1. The van der Waals surface area contributed by atoms with E-state index in [0.29, 0.717) is 44.5 Å². The lowest BCUT2D eigenvalue weighted by atomic mass is 9.83. The molecule has 8 amide bonds. The molecule has 0 radical (unpaired) electrons. The number of aliphatic hydroxyl groups excluding tert-OH is 4. The minimum Gasteiger partial charge on any atom is -0.458 e. The van der Waals surface area contributed by atoms with Gasteiger partial charge in [-0.05, 0) is 60.6 Å². The zero-order valence-electron chi connectivity index (χ0n) is 46.1. The first-order valence-electron chi connectivity index (χ1n) is 27.2. The third-order valence-corrected chi connectivity index (χ3v) is 15.1. The van der Waals surface area contributed by atoms with Crippen molar-refractivity contribution in [2.24, 2.45) is 0 Å². The molecular weight excluding hydrogens is 1120 g/mol. The largest absolute Gasteiger partial charge is 0.458 e. The number of nitrogens with zero attached hydrogens (tertiary/aromatic N) is 2. The van der Waals surface area contributed by atoms with E-state index in [4.69, 9.17) is 19.2 Å². The molecule has 4 aliphatic rings. The third kappa shape index (κ3) is 14.2. The van der Waals surface area contributed by atoms with Gasteiger partial charge in [0.2, 0.25) is 41.4 Å². The van der Waals surface area contributed by atoms with Crippen LogP contribution >= 0.6 is 0 Å². The van der Waals surface area contributed by atoms with Gasteiger partial charge in [0.25, 0.3) is 5.56 Å². The van der Waals surface area contributed by atoms with Gasteiger partial charge in [-0.1, -0.05) is 37.3 Å². The summed E-state index contributed by atoms with van der Waals surface area (Å²) in [5, 5.41) is 71.0. The maximum Gasteiger partial charge on any atom is 0.407 e. The number of aryl methyl sites for hydroxylation is 1. The number of hydrogen-bond donors (Lipinski definition) is 13. The van der Waals surface area contributed by atoms with Gasteiger partial charge in [-0.15, -0.1) is 0 Å². The second kappa shape index (κ2) is 27.5. The first-order chi connectivity index (χ1) is 40.6. The van der Waals surface area contributed by atoms with Crippen LogP contribution in [0.4, 0.5) is 9.18 Å². The van der Waals surface area contributed by atoms with Gasteiger partial charge >= 0.3 is 12.1 Å². The molecule has 2 aromatic heterocycles. The van der Waals surface area contributed by atoms with Gasteiger partial charge in [-0.3, -0.25) is 38.4 Å². The molecule has 30 heteroatoms. The first-order valence-corrected chi connectivity index (χ1v) is 27.2. The van der Waals surface area contributed by atoms with Gasteiger partial charge in [0, 0.05) is 35.9 Å². The van der Waals surface area contributed by atoms with Crippen LogP contribution in [0.5, 0.6) is 0 Å². The summed E-state index contributed by atoms with van der Waals surface area (Å²) in [6.45, 7) is -2.80. The van der Waals surface area contributed by atoms with Crippen LogP contribution < -0.4 is 48.1 Å². The van der Waals surface area contributed by atoms with Crippen molar-refractivity contribution in [3.05, 3.63) is 98.1 Å². The number of halogens is 1. The maximum atomic E-state index is 15.4. The average Bonchev–Trinajstić information content (AvgIpc) is 1.66. The van der Waals surface area contributed by atoms with Crippen LogP contribution in [0, 0.1) is 5.82 Å². The van der Waals surface area contributed by atoms with Crippen molar-refractivity contribution in [3.63, 3.8) is 0 Å². The highest BCUT2D eigenvalue weighted by molar-refractivity contribution is 5.95. The van der Waals surface area contributed by atoms with Crippen molar-refractivity contribution >= 4 is 64.3 Å². The molecule has 9 atom stereocenters. The molecular formula is C55H65FN10O19. The predicted molar refractivity (Wildman–Crippen MR) is 289 cm³/mol. The Hall–Kier alpha value is -8.52. The number of fused-ring (bicyclic) bond motifs is 5. The number of rotatable bonds is 24.